The first kappa shape index (κ1) is 18.9. The van der Waals surface area contributed by atoms with Crippen LogP contribution in [0.4, 0.5) is 10.5 Å². The molecule has 0 saturated heterocycles. The average Bonchev–Trinajstić information content (AvgIpc) is 3.32. The van der Waals surface area contributed by atoms with Crippen molar-refractivity contribution in [1.29, 1.82) is 4.78 Å². The summed E-state index contributed by atoms with van der Waals surface area (Å²) in [7, 11) is -3.60. The number of carbonyl (C=O) groups excluding carboxylic acids is 1. The Morgan fingerprint density at radius 2 is 1.93 bits per heavy atom. The van der Waals surface area contributed by atoms with E-state index in [1.54, 1.807) is 6.92 Å². The van der Waals surface area contributed by atoms with E-state index in [-0.39, 0.29) is 11.6 Å². The summed E-state index contributed by atoms with van der Waals surface area (Å²) >= 11 is 0. The van der Waals surface area contributed by atoms with Crippen molar-refractivity contribution in [3.63, 3.8) is 0 Å². The fourth-order valence-electron chi connectivity index (χ4n) is 4.16. The lowest BCUT2D eigenvalue weighted by molar-refractivity contribution is 0.168. The number of rotatable bonds is 5. The monoisotopic (exact) mass is 403 g/mol. The van der Waals surface area contributed by atoms with Crippen LogP contribution < -0.4 is 10.0 Å². The lowest BCUT2D eigenvalue weighted by Gasteiger charge is -2.17. The normalized spacial score (nSPS) is 18.2. The molecule has 150 valence electrons. The molecule has 0 saturated carbocycles. The number of nitrogens with one attached hydrogen (secondary N) is 3. The van der Waals surface area contributed by atoms with Gasteiger partial charge in [0.15, 0.2) is 14.9 Å². The summed E-state index contributed by atoms with van der Waals surface area (Å²) in [5.74, 6) is 0. The van der Waals surface area contributed by atoms with Gasteiger partial charge in [-0.2, -0.15) is 5.10 Å². The highest BCUT2D eigenvalue weighted by Gasteiger charge is 2.26. The van der Waals surface area contributed by atoms with Gasteiger partial charge in [-0.1, -0.05) is 6.07 Å². The van der Waals surface area contributed by atoms with Crippen molar-refractivity contribution in [2.45, 2.75) is 63.1 Å². The lowest BCUT2D eigenvalue weighted by atomic mass is 9.99. The van der Waals surface area contributed by atoms with E-state index in [1.165, 1.54) is 39.2 Å². The zero-order chi connectivity index (χ0) is 19.9. The van der Waals surface area contributed by atoms with E-state index in [2.05, 4.69) is 21.2 Å². The van der Waals surface area contributed by atoms with E-state index < -0.39 is 22.1 Å². The van der Waals surface area contributed by atoms with Crippen LogP contribution in [0.15, 0.2) is 23.4 Å². The minimum atomic E-state index is -3.60. The highest BCUT2D eigenvalue weighted by atomic mass is 32.2. The van der Waals surface area contributed by atoms with Crippen LogP contribution >= 0.6 is 0 Å². The van der Waals surface area contributed by atoms with Gasteiger partial charge in [-0.25, -0.2) is 18.5 Å². The van der Waals surface area contributed by atoms with Crippen LogP contribution in [0.5, 0.6) is 0 Å². The Hall–Kier alpha value is -2.39. The molecule has 2 amide bonds. The number of aliphatic hydroxyl groups excluding tert-OH is 1. The number of fused-ring (bicyclic) bond motifs is 2. The topological polar surface area (TPSA) is 120 Å². The Labute approximate surface area is 164 Å². The number of aromatic nitrogens is 2. The van der Waals surface area contributed by atoms with E-state index in [0.29, 0.717) is 0 Å². The number of hydrogen-bond acceptors (Lipinski definition) is 5. The van der Waals surface area contributed by atoms with Crippen molar-refractivity contribution >= 4 is 21.6 Å². The van der Waals surface area contributed by atoms with Gasteiger partial charge >= 0.3 is 6.03 Å². The van der Waals surface area contributed by atoms with Gasteiger partial charge < -0.3 is 10.4 Å². The van der Waals surface area contributed by atoms with Crippen molar-refractivity contribution < 1.29 is 14.1 Å². The molecule has 4 N–H and O–H groups in total. The SMILES string of the molecule is CC(O)Cn1ccc(S(=N)(=O)NC(=O)Nc2c3c(cc4c2CCC4)CCC3)n1. The summed E-state index contributed by atoms with van der Waals surface area (Å²) in [6, 6.07) is 3.05. The van der Waals surface area contributed by atoms with Crippen molar-refractivity contribution in [3.05, 3.63) is 40.6 Å². The Balaban J connectivity index is 1.53. The molecule has 0 spiro atoms. The van der Waals surface area contributed by atoms with Gasteiger partial charge in [0.05, 0.1) is 12.6 Å². The number of nitrogens with zero attached hydrogens (tertiary/aromatic N) is 2. The van der Waals surface area contributed by atoms with Crippen LogP contribution in [0.25, 0.3) is 0 Å². The molecule has 0 radical (unpaired) electrons. The van der Waals surface area contributed by atoms with Crippen LogP contribution in [0.1, 0.15) is 42.0 Å². The van der Waals surface area contributed by atoms with E-state index in [0.717, 1.165) is 44.2 Å². The first-order chi connectivity index (χ1) is 13.3. The summed E-state index contributed by atoms with van der Waals surface area (Å²) in [6.45, 7) is 1.84. The second-order valence-corrected chi connectivity index (χ2v) is 9.31. The first-order valence-corrected chi connectivity index (χ1v) is 11.1. The maximum absolute atomic E-state index is 12.7. The van der Waals surface area contributed by atoms with Crippen LogP contribution in [-0.2, 0) is 42.1 Å². The molecule has 1 aromatic carbocycles. The van der Waals surface area contributed by atoms with Crippen molar-refractivity contribution in [2.75, 3.05) is 5.32 Å². The largest absolute Gasteiger partial charge is 0.391 e. The number of benzene rings is 1. The van der Waals surface area contributed by atoms with Gasteiger partial charge in [0.1, 0.15) is 0 Å². The summed E-state index contributed by atoms with van der Waals surface area (Å²) in [5.41, 5.74) is 5.77. The second-order valence-electron chi connectivity index (χ2n) is 7.57. The zero-order valence-corrected chi connectivity index (χ0v) is 16.6. The molecule has 0 bridgehead atoms. The Bertz CT molecular complexity index is 994. The van der Waals surface area contributed by atoms with Crippen LogP contribution in [0, 0.1) is 4.78 Å². The van der Waals surface area contributed by atoms with E-state index in [1.807, 2.05) is 0 Å². The minimum Gasteiger partial charge on any atom is -0.391 e. The minimum absolute atomic E-state index is 0.0354. The van der Waals surface area contributed by atoms with E-state index >= 15 is 0 Å². The number of aliphatic hydroxyl groups is 1. The van der Waals surface area contributed by atoms with Gasteiger partial charge in [-0.15, -0.1) is 0 Å². The Morgan fingerprint density at radius 3 is 2.54 bits per heavy atom. The molecule has 1 heterocycles. The molecular formula is C19H25N5O3S. The standard InChI is InChI=1S/C19H25N5O3S/c1-12(25)11-24-9-8-17(22-24)28(20,27)23-19(26)21-18-15-6-2-4-13(15)10-14-5-3-7-16(14)18/h8-10,12,25H,2-7,11H2,1H3,(H3,20,21,23,26,27). The predicted octanol–water partition coefficient (Wildman–Crippen LogP) is 2.38. The lowest BCUT2D eigenvalue weighted by Crippen LogP contribution is -2.34. The Kier molecular flexibility index (Phi) is 4.88. The summed E-state index contributed by atoms with van der Waals surface area (Å²) in [6.07, 6.45) is 6.97. The van der Waals surface area contributed by atoms with Crippen LogP contribution in [0.2, 0.25) is 0 Å². The number of hydrogen-bond donors (Lipinski definition) is 4. The predicted molar refractivity (Wildman–Crippen MR) is 106 cm³/mol. The van der Waals surface area contributed by atoms with Crippen LogP contribution in [0.3, 0.4) is 0 Å². The summed E-state index contributed by atoms with van der Waals surface area (Å²) in [5, 5.41) is 16.3. The van der Waals surface area contributed by atoms with Gasteiger partial charge in [-0.3, -0.25) is 4.68 Å². The molecule has 0 fully saturated rings. The van der Waals surface area contributed by atoms with E-state index in [9.17, 15) is 14.1 Å². The van der Waals surface area contributed by atoms with Crippen molar-refractivity contribution in [2.24, 2.45) is 0 Å². The van der Waals surface area contributed by atoms with Gasteiger partial charge in [0, 0.05) is 11.9 Å². The fourth-order valence-corrected chi connectivity index (χ4v) is 5.05. The van der Waals surface area contributed by atoms with Gasteiger partial charge in [-0.05, 0) is 73.8 Å². The fraction of sp³-hybridized carbons (Fsp3) is 0.474. The number of amides is 2. The molecular weight excluding hydrogens is 378 g/mol. The number of carbonyl (C=O) groups is 1. The van der Waals surface area contributed by atoms with E-state index in [4.69, 9.17) is 4.78 Å². The molecule has 8 nitrogen and oxygen atoms in total. The molecule has 2 aliphatic carbocycles. The Morgan fingerprint density at radius 1 is 1.29 bits per heavy atom. The highest BCUT2D eigenvalue weighted by Crippen LogP contribution is 2.38. The van der Waals surface area contributed by atoms with Crippen LogP contribution in [-0.4, -0.2) is 31.2 Å². The molecule has 9 heteroatoms. The number of urea groups is 1. The summed E-state index contributed by atoms with van der Waals surface area (Å²) in [4.78, 5) is 12.6. The third-order valence-corrected chi connectivity index (χ3v) is 6.59. The van der Waals surface area contributed by atoms with Crippen molar-refractivity contribution in [3.8, 4) is 0 Å². The van der Waals surface area contributed by atoms with Gasteiger partial charge in [0.2, 0.25) is 0 Å². The first-order valence-electron chi connectivity index (χ1n) is 9.59. The number of anilines is 1. The average molecular weight is 404 g/mol. The maximum Gasteiger partial charge on any atom is 0.332 e. The second kappa shape index (κ2) is 7.21. The number of aryl methyl sites for hydroxylation is 2. The third-order valence-electron chi connectivity index (χ3n) is 5.31. The highest BCUT2D eigenvalue weighted by molar-refractivity contribution is 7.91. The van der Waals surface area contributed by atoms with Gasteiger partial charge in [0.25, 0.3) is 0 Å². The molecule has 2 aliphatic rings. The smallest absolute Gasteiger partial charge is 0.332 e. The molecule has 1 aromatic heterocycles. The molecule has 28 heavy (non-hydrogen) atoms. The molecule has 2 unspecified atom stereocenters. The zero-order valence-electron chi connectivity index (χ0n) is 15.8. The molecule has 2 aromatic rings. The quantitative estimate of drug-likeness (QED) is 0.612. The molecule has 0 aliphatic heterocycles. The third kappa shape index (κ3) is 3.64. The maximum atomic E-state index is 12.7. The van der Waals surface area contributed by atoms with Crippen molar-refractivity contribution in [1.82, 2.24) is 14.5 Å². The summed E-state index contributed by atoms with van der Waals surface area (Å²) < 4.78 is 24.5. The molecule has 2 atom stereocenters. The molecule has 4 rings (SSSR count).